The SMILES string of the molecule is CC1=CC(=O)N(c2ccc(OC3(OC4=C(C5CCCCC5)C(OC5(Oc6ccc(N7C(=O)C=C(C)C7=O)cc6)C=CC=CC5)C(=C5CCCCC5)C=C4)C=CC=CC3)cc2)C1=O. The number of nitrogens with zero attached hydrogens (tertiary/aromatic N) is 2. The van der Waals surface area contributed by atoms with Gasteiger partial charge in [0, 0.05) is 41.7 Å². The predicted octanol–water partition coefficient (Wildman–Crippen LogP) is 10.3. The number of benzene rings is 2. The van der Waals surface area contributed by atoms with Crippen molar-refractivity contribution in [1.82, 2.24) is 0 Å². The van der Waals surface area contributed by atoms with Gasteiger partial charge in [-0.25, -0.2) is 9.80 Å². The van der Waals surface area contributed by atoms with E-state index in [2.05, 4.69) is 18.2 Å². The average Bonchev–Trinajstić information content (AvgIpc) is 3.70. The van der Waals surface area contributed by atoms with Crippen molar-refractivity contribution in [3.8, 4) is 11.5 Å². The number of ether oxygens (including phenoxy) is 4. The van der Waals surface area contributed by atoms with Crippen LogP contribution >= 0.6 is 0 Å². The third kappa shape index (κ3) is 8.23. The molecule has 2 aliphatic heterocycles. The molecule has 7 aliphatic rings. The second-order valence-corrected chi connectivity index (χ2v) is 17.1. The largest absolute Gasteiger partial charge is 0.458 e. The molecule has 2 aromatic carbocycles. The van der Waals surface area contributed by atoms with Gasteiger partial charge in [-0.1, -0.05) is 73.8 Å². The van der Waals surface area contributed by atoms with E-state index in [0.29, 0.717) is 52.6 Å². The molecule has 5 aliphatic carbocycles. The van der Waals surface area contributed by atoms with Crippen LogP contribution in [0.2, 0.25) is 0 Å². The van der Waals surface area contributed by atoms with Gasteiger partial charge < -0.3 is 18.9 Å². The van der Waals surface area contributed by atoms with Crippen LogP contribution in [-0.4, -0.2) is 41.3 Å². The van der Waals surface area contributed by atoms with E-state index in [4.69, 9.17) is 18.9 Å². The number of rotatable bonds is 11. The summed E-state index contributed by atoms with van der Waals surface area (Å²) in [4.78, 5) is 53.1. The molecule has 0 aromatic heterocycles. The molecule has 0 N–H and O–H groups in total. The van der Waals surface area contributed by atoms with Crippen LogP contribution in [-0.2, 0) is 28.7 Å². The van der Waals surface area contributed by atoms with Gasteiger partial charge in [-0.2, -0.15) is 0 Å². The minimum absolute atomic E-state index is 0.187. The molecule has 2 aromatic rings. The van der Waals surface area contributed by atoms with E-state index in [0.717, 1.165) is 62.5 Å². The van der Waals surface area contributed by atoms with E-state index in [1.54, 1.807) is 62.4 Å². The third-order valence-electron chi connectivity index (χ3n) is 12.7. The molecule has 0 saturated heterocycles. The molecule has 3 atom stereocenters. The molecule has 0 spiro atoms. The van der Waals surface area contributed by atoms with Crippen LogP contribution in [0.15, 0.2) is 155 Å². The Hall–Kier alpha value is -6.26. The van der Waals surface area contributed by atoms with Crippen LogP contribution in [0.1, 0.15) is 90.9 Å². The van der Waals surface area contributed by atoms with Gasteiger partial charge in [-0.15, -0.1) is 0 Å². The van der Waals surface area contributed by atoms with Crippen molar-refractivity contribution in [2.45, 2.75) is 109 Å². The molecule has 4 amide bonds. The van der Waals surface area contributed by atoms with E-state index >= 15 is 0 Å². The molecule has 2 fully saturated rings. The van der Waals surface area contributed by atoms with Gasteiger partial charge in [-0.05, 0) is 131 Å². The average molecular weight is 833 g/mol. The first-order chi connectivity index (χ1) is 30.1. The summed E-state index contributed by atoms with van der Waals surface area (Å²) < 4.78 is 28.4. The van der Waals surface area contributed by atoms with E-state index in [1.165, 1.54) is 40.4 Å². The maximum Gasteiger partial charge on any atom is 0.274 e. The summed E-state index contributed by atoms with van der Waals surface area (Å²) in [5.74, 6) is -1.82. The Bertz CT molecular complexity index is 2430. The van der Waals surface area contributed by atoms with Crippen LogP contribution < -0.4 is 19.3 Å². The molecule has 2 saturated carbocycles. The number of allylic oxidation sites excluding steroid dienone is 6. The van der Waals surface area contributed by atoms with Crippen LogP contribution in [0.25, 0.3) is 0 Å². The number of carbonyl (C=O) groups is 4. The monoisotopic (exact) mass is 832 g/mol. The van der Waals surface area contributed by atoms with Crippen LogP contribution in [0.4, 0.5) is 11.4 Å². The zero-order chi connectivity index (χ0) is 42.8. The fourth-order valence-corrected chi connectivity index (χ4v) is 9.56. The highest BCUT2D eigenvalue weighted by Gasteiger charge is 2.44. The Labute approximate surface area is 362 Å². The van der Waals surface area contributed by atoms with E-state index in [1.807, 2.05) is 42.5 Å². The molecule has 10 nitrogen and oxygen atoms in total. The molecule has 0 bridgehead atoms. The molecule has 2 heterocycles. The molecule has 62 heavy (non-hydrogen) atoms. The van der Waals surface area contributed by atoms with Gasteiger partial charge in [0.1, 0.15) is 23.4 Å². The van der Waals surface area contributed by atoms with Gasteiger partial charge in [-0.3, -0.25) is 19.2 Å². The second-order valence-electron chi connectivity index (χ2n) is 17.1. The van der Waals surface area contributed by atoms with Gasteiger partial charge in [0.25, 0.3) is 29.4 Å². The second kappa shape index (κ2) is 17.2. The molecule has 9 rings (SSSR count). The zero-order valence-corrected chi connectivity index (χ0v) is 35.3. The maximum absolute atomic E-state index is 12.8. The van der Waals surface area contributed by atoms with Gasteiger partial charge in [0.05, 0.1) is 11.4 Å². The van der Waals surface area contributed by atoms with Gasteiger partial charge in [0.15, 0.2) is 0 Å². The molecular formula is C52H52N2O8. The van der Waals surface area contributed by atoms with Crippen molar-refractivity contribution in [2.75, 3.05) is 9.80 Å². The summed E-state index contributed by atoms with van der Waals surface area (Å²) >= 11 is 0. The predicted molar refractivity (Wildman–Crippen MR) is 237 cm³/mol. The summed E-state index contributed by atoms with van der Waals surface area (Å²) in [6.07, 6.45) is 34.1. The Balaban J connectivity index is 1.07. The fourth-order valence-electron chi connectivity index (χ4n) is 9.56. The lowest BCUT2D eigenvalue weighted by molar-refractivity contribution is -0.164. The van der Waals surface area contributed by atoms with Gasteiger partial charge in [0.2, 0.25) is 5.79 Å². The minimum Gasteiger partial charge on any atom is -0.458 e. The van der Waals surface area contributed by atoms with Crippen molar-refractivity contribution in [1.29, 1.82) is 0 Å². The van der Waals surface area contributed by atoms with Crippen molar-refractivity contribution < 1.29 is 38.1 Å². The van der Waals surface area contributed by atoms with Crippen molar-refractivity contribution in [3.63, 3.8) is 0 Å². The summed E-state index contributed by atoms with van der Waals surface area (Å²) in [6, 6.07) is 14.0. The first-order valence-electron chi connectivity index (χ1n) is 22.0. The molecule has 10 heteroatoms. The van der Waals surface area contributed by atoms with E-state index in [9.17, 15) is 19.2 Å². The number of carbonyl (C=O) groups excluding carboxylic acids is 4. The minimum atomic E-state index is -1.21. The number of anilines is 2. The topological polar surface area (TPSA) is 112 Å². The molecular weight excluding hydrogens is 781 g/mol. The lowest BCUT2D eigenvalue weighted by Gasteiger charge is -2.42. The Morgan fingerprint density at radius 2 is 1.10 bits per heavy atom. The van der Waals surface area contributed by atoms with E-state index in [-0.39, 0.29) is 29.5 Å². The first kappa shape index (κ1) is 41.1. The highest BCUT2D eigenvalue weighted by atomic mass is 16.7. The van der Waals surface area contributed by atoms with Crippen molar-refractivity contribution in [2.24, 2.45) is 5.92 Å². The van der Waals surface area contributed by atoms with Crippen LogP contribution in [0.5, 0.6) is 11.5 Å². The molecule has 0 radical (unpaired) electrons. The quantitative estimate of drug-likeness (QED) is 0.163. The number of imide groups is 2. The summed E-state index contributed by atoms with van der Waals surface area (Å²) in [5.41, 5.74) is 5.40. The normalized spacial score (nSPS) is 26.5. The van der Waals surface area contributed by atoms with Gasteiger partial charge >= 0.3 is 0 Å². The number of hydrogen-bond donors (Lipinski definition) is 0. The number of hydrogen-bond acceptors (Lipinski definition) is 8. The smallest absolute Gasteiger partial charge is 0.274 e. The lowest BCUT2D eigenvalue weighted by atomic mass is 9.75. The van der Waals surface area contributed by atoms with Crippen LogP contribution in [0, 0.1) is 5.92 Å². The number of amides is 4. The Kier molecular flexibility index (Phi) is 11.4. The summed E-state index contributed by atoms with van der Waals surface area (Å²) in [7, 11) is 0. The standard InChI is InChI=1S/C52H52N2O8/c1-35-33-45(55)53(49(35)57)39-19-23-41(24-20-39)59-51(29-11-5-12-30-51)61-44-28-27-43(37-15-7-3-8-16-37)48(47(44)38-17-9-4-10-18-38)62-52(31-13-6-14-32-52)60-42-25-21-40(22-26-42)54-46(56)34-36(2)50(54)58/h5-6,11-14,19-29,31,33-34,38,48H,3-4,7-10,15-18,30,32H2,1-2H3. The zero-order valence-electron chi connectivity index (χ0n) is 35.3. The fraction of sp³-hybridized carbons (Fsp3) is 0.346. The van der Waals surface area contributed by atoms with Crippen LogP contribution in [0.3, 0.4) is 0 Å². The molecule has 3 unspecified atom stereocenters. The Morgan fingerprint density at radius 1 is 0.581 bits per heavy atom. The Morgan fingerprint density at radius 3 is 1.60 bits per heavy atom. The highest BCUT2D eigenvalue weighted by Crippen LogP contribution is 2.46. The van der Waals surface area contributed by atoms with Crippen molar-refractivity contribution in [3.05, 3.63) is 155 Å². The van der Waals surface area contributed by atoms with Crippen molar-refractivity contribution >= 4 is 35.0 Å². The highest BCUT2D eigenvalue weighted by molar-refractivity contribution is 6.31. The van der Waals surface area contributed by atoms with E-state index < -0.39 is 17.7 Å². The summed E-state index contributed by atoms with van der Waals surface area (Å²) in [6.45, 7) is 3.28. The summed E-state index contributed by atoms with van der Waals surface area (Å²) in [5, 5.41) is 0. The third-order valence-corrected chi connectivity index (χ3v) is 12.7. The molecule has 318 valence electrons. The lowest BCUT2D eigenvalue weighted by Crippen LogP contribution is -2.45. The maximum atomic E-state index is 12.8. The first-order valence-corrected chi connectivity index (χ1v) is 22.0.